The van der Waals surface area contributed by atoms with Crippen molar-refractivity contribution in [1.29, 1.82) is 0 Å². The third kappa shape index (κ3) is 2.55. The first-order chi connectivity index (χ1) is 10.9. The van der Waals surface area contributed by atoms with Crippen LogP contribution in [-0.4, -0.2) is 15.2 Å². The van der Waals surface area contributed by atoms with Crippen LogP contribution in [0, 0.1) is 17.5 Å². The average molecular weight is 383 g/mol. The molecule has 3 rings (SSSR count). The van der Waals surface area contributed by atoms with Gasteiger partial charge in [0.2, 0.25) is 5.78 Å². The molecule has 0 aliphatic heterocycles. The van der Waals surface area contributed by atoms with Crippen molar-refractivity contribution in [1.82, 2.24) is 9.38 Å². The van der Waals surface area contributed by atoms with Gasteiger partial charge in [-0.3, -0.25) is 9.20 Å². The number of carbonyl (C=O) groups is 1. The summed E-state index contributed by atoms with van der Waals surface area (Å²) >= 11 is 3.35. The van der Waals surface area contributed by atoms with E-state index in [1.165, 1.54) is 0 Å². The van der Waals surface area contributed by atoms with Crippen LogP contribution in [0.5, 0.6) is 0 Å². The number of carbonyl (C=O) groups excluding carboxylic acids is 1. The first kappa shape index (κ1) is 15.7. The predicted molar refractivity (Wildman–Crippen MR) is 82.0 cm³/mol. The number of hydrogen-bond donors (Lipinski definition) is 0. The molecule has 0 bridgehead atoms. The second-order valence-corrected chi connectivity index (χ2v) is 5.75. The maximum absolute atomic E-state index is 13.4. The van der Waals surface area contributed by atoms with Crippen LogP contribution in [-0.2, 0) is 6.42 Å². The summed E-state index contributed by atoms with van der Waals surface area (Å²) in [5.41, 5.74) is 0.954. The van der Waals surface area contributed by atoms with Gasteiger partial charge in [-0.05, 0) is 46.6 Å². The Morgan fingerprint density at radius 2 is 1.91 bits per heavy atom. The van der Waals surface area contributed by atoms with E-state index in [0.717, 1.165) is 0 Å². The van der Waals surface area contributed by atoms with E-state index >= 15 is 0 Å². The summed E-state index contributed by atoms with van der Waals surface area (Å²) < 4.78 is 42.1. The lowest BCUT2D eigenvalue weighted by molar-refractivity contribution is 0.103. The number of nitrogens with zero attached hydrogens (tertiary/aromatic N) is 2. The minimum atomic E-state index is -1.60. The third-order valence-electron chi connectivity index (χ3n) is 3.47. The van der Waals surface area contributed by atoms with Gasteiger partial charge < -0.3 is 0 Å². The number of aryl methyl sites for hydroxylation is 1. The van der Waals surface area contributed by atoms with E-state index in [-0.39, 0.29) is 11.3 Å². The van der Waals surface area contributed by atoms with Gasteiger partial charge in [0.05, 0.1) is 10.2 Å². The van der Waals surface area contributed by atoms with E-state index in [1.807, 2.05) is 6.92 Å². The molecule has 0 radical (unpaired) electrons. The van der Waals surface area contributed by atoms with Gasteiger partial charge in [-0.25, -0.2) is 18.2 Å². The number of fused-ring (bicyclic) bond motifs is 1. The van der Waals surface area contributed by atoms with Crippen LogP contribution in [0.2, 0.25) is 0 Å². The first-order valence-electron chi connectivity index (χ1n) is 6.78. The lowest BCUT2D eigenvalue weighted by Gasteiger charge is -2.05. The van der Waals surface area contributed by atoms with Crippen molar-refractivity contribution in [2.24, 2.45) is 0 Å². The van der Waals surface area contributed by atoms with Crippen LogP contribution in [0.15, 0.2) is 34.9 Å². The third-order valence-corrected chi connectivity index (χ3v) is 4.09. The van der Waals surface area contributed by atoms with Gasteiger partial charge in [-0.2, -0.15) is 0 Å². The topological polar surface area (TPSA) is 34.4 Å². The molecule has 0 atom stereocenters. The SMILES string of the molecule is CCc1nc2c(Br)cccn2c1C(=O)c1cc(F)c(F)c(F)c1. The molecule has 1 aromatic carbocycles. The van der Waals surface area contributed by atoms with Crippen LogP contribution < -0.4 is 0 Å². The molecule has 0 saturated carbocycles. The summed E-state index contributed by atoms with van der Waals surface area (Å²) in [4.78, 5) is 17.1. The van der Waals surface area contributed by atoms with Crippen LogP contribution in [0.25, 0.3) is 5.65 Å². The minimum Gasteiger partial charge on any atom is -0.296 e. The van der Waals surface area contributed by atoms with E-state index in [1.54, 1.807) is 22.7 Å². The van der Waals surface area contributed by atoms with Gasteiger partial charge >= 0.3 is 0 Å². The van der Waals surface area contributed by atoms with Gasteiger partial charge in [0.15, 0.2) is 23.1 Å². The van der Waals surface area contributed by atoms with Crippen LogP contribution in [0.3, 0.4) is 0 Å². The lowest BCUT2D eigenvalue weighted by atomic mass is 10.1. The molecule has 0 spiro atoms. The number of pyridine rings is 1. The average Bonchev–Trinajstić information content (AvgIpc) is 2.91. The predicted octanol–water partition coefficient (Wildman–Crippen LogP) is 4.31. The molecule has 0 fully saturated rings. The number of imidazole rings is 1. The summed E-state index contributed by atoms with van der Waals surface area (Å²) in [5.74, 6) is -5.02. The molecule has 0 unspecified atom stereocenters. The molecule has 0 N–H and O–H groups in total. The highest BCUT2D eigenvalue weighted by molar-refractivity contribution is 9.10. The Labute approximate surface area is 137 Å². The fourth-order valence-corrected chi connectivity index (χ4v) is 2.82. The molecular weight excluding hydrogens is 373 g/mol. The minimum absolute atomic E-state index is 0.203. The molecule has 2 aromatic heterocycles. The van der Waals surface area contributed by atoms with Gasteiger partial charge in [-0.15, -0.1) is 0 Å². The van der Waals surface area contributed by atoms with E-state index in [2.05, 4.69) is 20.9 Å². The molecule has 7 heteroatoms. The summed E-state index contributed by atoms with van der Waals surface area (Å²) in [6.07, 6.45) is 2.09. The van der Waals surface area contributed by atoms with Crippen LogP contribution in [0.4, 0.5) is 13.2 Å². The highest BCUT2D eigenvalue weighted by Gasteiger charge is 2.23. The second kappa shape index (κ2) is 5.81. The number of halogens is 4. The molecule has 0 amide bonds. The van der Waals surface area contributed by atoms with Crippen LogP contribution >= 0.6 is 15.9 Å². The van der Waals surface area contributed by atoms with Crippen molar-refractivity contribution < 1.29 is 18.0 Å². The van der Waals surface area contributed by atoms with E-state index in [0.29, 0.717) is 34.4 Å². The molecule has 0 saturated heterocycles. The largest absolute Gasteiger partial charge is 0.296 e. The fourth-order valence-electron chi connectivity index (χ4n) is 2.39. The molecule has 118 valence electrons. The Hall–Kier alpha value is -2.15. The number of aromatic nitrogens is 2. The molecular formula is C16H10BrF3N2O. The van der Waals surface area contributed by atoms with Crippen molar-refractivity contribution in [3.05, 3.63) is 69.3 Å². The number of ketones is 1. The smallest absolute Gasteiger partial charge is 0.211 e. The first-order valence-corrected chi connectivity index (χ1v) is 7.58. The molecule has 0 aliphatic carbocycles. The van der Waals surface area contributed by atoms with E-state index in [9.17, 15) is 18.0 Å². The molecule has 23 heavy (non-hydrogen) atoms. The lowest BCUT2D eigenvalue weighted by Crippen LogP contribution is -2.10. The van der Waals surface area contributed by atoms with Crippen molar-refractivity contribution in [3.8, 4) is 0 Å². The molecule has 2 heterocycles. The Morgan fingerprint density at radius 1 is 1.26 bits per heavy atom. The van der Waals surface area contributed by atoms with Crippen molar-refractivity contribution in [2.45, 2.75) is 13.3 Å². The van der Waals surface area contributed by atoms with Gasteiger partial charge in [0.1, 0.15) is 5.69 Å². The zero-order valence-corrected chi connectivity index (χ0v) is 13.5. The molecule has 3 nitrogen and oxygen atoms in total. The maximum atomic E-state index is 13.4. The summed E-state index contributed by atoms with van der Waals surface area (Å²) in [6.45, 7) is 1.82. The molecule has 0 aliphatic rings. The van der Waals surface area contributed by atoms with E-state index < -0.39 is 23.2 Å². The quantitative estimate of drug-likeness (QED) is 0.499. The Balaban J connectivity index is 2.24. The number of hydrogen-bond acceptors (Lipinski definition) is 2. The Morgan fingerprint density at radius 3 is 2.52 bits per heavy atom. The van der Waals surface area contributed by atoms with Gasteiger partial charge in [0.25, 0.3) is 0 Å². The van der Waals surface area contributed by atoms with Crippen molar-refractivity contribution >= 4 is 27.4 Å². The fraction of sp³-hybridized carbons (Fsp3) is 0.125. The monoisotopic (exact) mass is 382 g/mol. The summed E-state index contributed by atoms with van der Waals surface area (Å²) in [7, 11) is 0. The maximum Gasteiger partial charge on any atom is 0.211 e. The van der Waals surface area contributed by atoms with E-state index in [4.69, 9.17) is 0 Å². The van der Waals surface area contributed by atoms with Crippen molar-refractivity contribution in [2.75, 3.05) is 0 Å². The van der Waals surface area contributed by atoms with Gasteiger partial charge in [0, 0.05) is 11.8 Å². The van der Waals surface area contributed by atoms with Crippen molar-refractivity contribution in [3.63, 3.8) is 0 Å². The highest BCUT2D eigenvalue weighted by atomic mass is 79.9. The Kier molecular flexibility index (Phi) is 3.97. The summed E-state index contributed by atoms with van der Waals surface area (Å²) in [6, 6.07) is 4.86. The van der Waals surface area contributed by atoms with Crippen LogP contribution in [0.1, 0.15) is 28.7 Å². The summed E-state index contributed by atoms with van der Waals surface area (Å²) in [5, 5.41) is 0. The zero-order chi connectivity index (χ0) is 16.7. The van der Waals surface area contributed by atoms with Gasteiger partial charge in [-0.1, -0.05) is 6.92 Å². The number of rotatable bonds is 3. The standard InChI is InChI=1S/C16H10BrF3N2O/c1-2-12-14(22-5-3-4-9(17)16(22)21-12)15(23)8-6-10(18)13(20)11(19)7-8/h3-7H,2H2,1H3. The highest BCUT2D eigenvalue weighted by Crippen LogP contribution is 2.24. The second-order valence-electron chi connectivity index (χ2n) is 4.89. The normalized spacial score (nSPS) is 11.2. The number of benzene rings is 1. The zero-order valence-electron chi connectivity index (χ0n) is 11.9. The Bertz CT molecular complexity index is 913. The molecule has 3 aromatic rings.